The summed E-state index contributed by atoms with van der Waals surface area (Å²) in [6.45, 7) is 4.67. The van der Waals surface area contributed by atoms with Gasteiger partial charge in [0.05, 0.1) is 11.0 Å². The number of benzene rings is 2. The fraction of sp³-hybridized carbons (Fsp3) is 0.208. The summed E-state index contributed by atoms with van der Waals surface area (Å²) in [4.78, 5) is 21.0. The highest BCUT2D eigenvalue weighted by Gasteiger charge is 2.11. The summed E-state index contributed by atoms with van der Waals surface area (Å²) in [5, 5.41) is 6.17. The lowest BCUT2D eigenvalue weighted by Gasteiger charge is -2.08. The van der Waals surface area contributed by atoms with Crippen LogP contribution in [-0.4, -0.2) is 27.0 Å². The van der Waals surface area contributed by atoms with Gasteiger partial charge in [-0.25, -0.2) is 4.98 Å². The first kappa shape index (κ1) is 20.4. The van der Waals surface area contributed by atoms with Crippen molar-refractivity contribution in [2.45, 2.75) is 20.3 Å². The number of hydrogen-bond acceptors (Lipinski definition) is 5. The highest BCUT2D eigenvalue weighted by Crippen LogP contribution is 2.28. The van der Waals surface area contributed by atoms with Gasteiger partial charge < -0.3 is 19.9 Å². The Bertz CT molecular complexity index is 1210. The van der Waals surface area contributed by atoms with Gasteiger partial charge in [-0.15, -0.1) is 0 Å². The van der Waals surface area contributed by atoms with Gasteiger partial charge in [0.2, 0.25) is 5.95 Å². The van der Waals surface area contributed by atoms with E-state index in [2.05, 4.69) is 34.7 Å². The standard InChI is InChI=1S/C24H25N5O2/c1-4-12-26-23(30)21-15-19(11-13-25-21)31-18-9-10-22-20(14-18)28-24(29(22)3)27-17-7-5-16(2)6-8-17/h5-11,13-15H,4,12H2,1-3H3,(H,26,30)(H,27,28). The van der Waals surface area contributed by atoms with Crippen LogP contribution in [0.2, 0.25) is 0 Å². The van der Waals surface area contributed by atoms with Crippen LogP contribution in [0.3, 0.4) is 0 Å². The highest BCUT2D eigenvalue weighted by atomic mass is 16.5. The zero-order chi connectivity index (χ0) is 21.8. The Morgan fingerprint density at radius 2 is 1.84 bits per heavy atom. The number of carbonyl (C=O) groups is 1. The molecule has 0 bridgehead atoms. The number of nitrogens with zero attached hydrogens (tertiary/aromatic N) is 3. The molecule has 0 aliphatic carbocycles. The molecule has 2 aromatic carbocycles. The predicted octanol–water partition coefficient (Wildman–Crippen LogP) is 4.95. The number of pyridine rings is 1. The molecule has 2 heterocycles. The Hall–Kier alpha value is -3.87. The molecular formula is C24H25N5O2. The van der Waals surface area contributed by atoms with Crippen LogP contribution >= 0.6 is 0 Å². The van der Waals surface area contributed by atoms with Gasteiger partial charge >= 0.3 is 0 Å². The second-order valence-corrected chi connectivity index (χ2v) is 7.37. The number of imidazole rings is 1. The van der Waals surface area contributed by atoms with Gasteiger partial charge in [-0.2, -0.15) is 0 Å². The first-order chi connectivity index (χ1) is 15.0. The van der Waals surface area contributed by atoms with Crippen LogP contribution in [0.4, 0.5) is 11.6 Å². The maximum atomic E-state index is 12.1. The molecule has 2 aromatic heterocycles. The maximum absolute atomic E-state index is 12.1. The fourth-order valence-electron chi connectivity index (χ4n) is 3.18. The molecule has 0 unspecified atom stereocenters. The van der Waals surface area contributed by atoms with Gasteiger partial charge in [0, 0.05) is 37.6 Å². The van der Waals surface area contributed by atoms with Crippen molar-refractivity contribution in [1.29, 1.82) is 0 Å². The molecule has 0 atom stereocenters. The van der Waals surface area contributed by atoms with Crippen molar-refractivity contribution in [1.82, 2.24) is 19.9 Å². The molecule has 7 heteroatoms. The first-order valence-electron chi connectivity index (χ1n) is 10.3. The number of aryl methyl sites for hydroxylation is 2. The molecule has 31 heavy (non-hydrogen) atoms. The van der Waals surface area contributed by atoms with Gasteiger partial charge in [-0.1, -0.05) is 24.6 Å². The van der Waals surface area contributed by atoms with Crippen molar-refractivity contribution < 1.29 is 9.53 Å². The molecule has 158 valence electrons. The van der Waals surface area contributed by atoms with Crippen LogP contribution in [0, 0.1) is 6.92 Å². The van der Waals surface area contributed by atoms with E-state index in [0.717, 1.165) is 29.1 Å². The SMILES string of the molecule is CCCNC(=O)c1cc(Oc2ccc3c(c2)nc(Nc2ccc(C)cc2)n3C)ccn1. The summed E-state index contributed by atoms with van der Waals surface area (Å²) in [6.07, 6.45) is 2.44. The second-order valence-electron chi connectivity index (χ2n) is 7.37. The summed E-state index contributed by atoms with van der Waals surface area (Å²) in [7, 11) is 1.97. The summed E-state index contributed by atoms with van der Waals surface area (Å²) >= 11 is 0. The zero-order valence-electron chi connectivity index (χ0n) is 17.8. The molecule has 2 N–H and O–H groups in total. The molecule has 4 rings (SSSR count). The van der Waals surface area contributed by atoms with E-state index in [1.54, 1.807) is 18.3 Å². The van der Waals surface area contributed by atoms with Crippen molar-refractivity contribution in [3.8, 4) is 11.5 Å². The maximum Gasteiger partial charge on any atom is 0.270 e. The molecule has 4 aromatic rings. The van der Waals surface area contributed by atoms with E-state index in [-0.39, 0.29) is 5.91 Å². The summed E-state index contributed by atoms with van der Waals surface area (Å²) < 4.78 is 7.97. The highest BCUT2D eigenvalue weighted by molar-refractivity contribution is 5.92. The number of ether oxygens (including phenoxy) is 1. The summed E-state index contributed by atoms with van der Waals surface area (Å²) in [5.41, 5.74) is 4.31. The average molecular weight is 415 g/mol. The van der Waals surface area contributed by atoms with Crippen LogP contribution in [-0.2, 0) is 7.05 Å². The molecular weight excluding hydrogens is 390 g/mol. The van der Waals surface area contributed by atoms with E-state index in [0.29, 0.717) is 23.7 Å². The Kier molecular flexibility index (Phi) is 5.84. The van der Waals surface area contributed by atoms with Crippen molar-refractivity contribution in [3.05, 3.63) is 72.1 Å². The normalized spacial score (nSPS) is 10.8. The quantitative estimate of drug-likeness (QED) is 0.446. The third-order valence-corrected chi connectivity index (χ3v) is 4.90. The largest absolute Gasteiger partial charge is 0.457 e. The molecule has 0 aliphatic rings. The number of nitrogens with one attached hydrogen (secondary N) is 2. The Morgan fingerprint density at radius 3 is 2.61 bits per heavy atom. The number of aromatic nitrogens is 3. The monoisotopic (exact) mass is 415 g/mol. The fourth-order valence-corrected chi connectivity index (χ4v) is 3.18. The van der Waals surface area contributed by atoms with E-state index in [1.165, 1.54) is 5.56 Å². The van der Waals surface area contributed by atoms with Crippen LogP contribution < -0.4 is 15.4 Å². The molecule has 0 saturated carbocycles. The third-order valence-electron chi connectivity index (χ3n) is 4.90. The number of hydrogen-bond donors (Lipinski definition) is 2. The average Bonchev–Trinajstić information content (AvgIpc) is 3.08. The van der Waals surface area contributed by atoms with E-state index >= 15 is 0 Å². The van der Waals surface area contributed by atoms with Crippen molar-refractivity contribution in [2.75, 3.05) is 11.9 Å². The van der Waals surface area contributed by atoms with Crippen molar-refractivity contribution in [3.63, 3.8) is 0 Å². The third kappa shape index (κ3) is 4.66. The smallest absolute Gasteiger partial charge is 0.270 e. The van der Waals surface area contributed by atoms with Crippen LogP contribution in [0.1, 0.15) is 29.4 Å². The van der Waals surface area contributed by atoms with Crippen LogP contribution in [0.25, 0.3) is 11.0 Å². The summed E-state index contributed by atoms with van der Waals surface area (Å²) in [5.74, 6) is 1.72. The molecule has 0 spiro atoms. The van der Waals surface area contributed by atoms with E-state index in [4.69, 9.17) is 9.72 Å². The number of rotatable bonds is 7. The molecule has 0 fully saturated rings. The Morgan fingerprint density at radius 1 is 1.06 bits per heavy atom. The van der Waals surface area contributed by atoms with Gasteiger partial charge in [0.1, 0.15) is 17.2 Å². The van der Waals surface area contributed by atoms with E-state index in [9.17, 15) is 4.79 Å². The van der Waals surface area contributed by atoms with Crippen molar-refractivity contribution in [2.24, 2.45) is 7.05 Å². The lowest BCUT2D eigenvalue weighted by Crippen LogP contribution is -2.24. The van der Waals surface area contributed by atoms with E-state index < -0.39 is 0 Å². The van der Waals surface area contributed by atoms with Gasteiger partial charge in [0.25, 0.3) is 5.91 Å². The first-order valence-corrected chi connectivity index (χ1v) is 10.3. The lowest BCUT2D eigenvalue weighted by atomic mass is 10.2. The number of anilines is 2. The van der Waals surface area contributed by atoms with Crippen molar-refractivity contribution >= 4 is 28.6 Å². The number of fused-ring (bicyclic) bond motifs is 1. The lowest BCUT2D eigenvalue weighted by molar-refractivity contribution is 0.0948. The van der Waals surface area contributed by atoms with E-state index in [1.807, 2.05) is 48.9 Å². The molecule has 7 nitrogen and oxygen atoms in total. The minimum atomic E-state index is -0.209. The predicted molar refractivity (Wildman–Crippen MR) is 122 cm³/mol. The topological polar surface area (TPSA) is 81.1 Å². The number of carbonyl (C=O) groups excluding carboxylic acids is 1. The second kappa shape index (κ2) is 8.87. The minimum absolute atomic E-state index is 0.209. The Balaban J connectivity index is 1.54. The molecule has 0 aliphatic heterocycles. The molecule has 0 saturated heterocycles. The Labute approximate surface area is 181 Å². The van der Waals surface area contributed by atoms with Crippen LogP contribution in [0.5, 0.6) is 11.5 Å². The van der Waals surface area contributed by atoms with Gasteiger partial charge in [-0.3, -0.25) is 9.78 Å². The van der Waals surface area contributed by atoms with Gasteiger partial charge in [0.15, 0.2) is 0 Å². The zero-order valence-corrected chi connectivity index (χ0v) is 17.8. The summed E-state index contributed by atoms with van der Waals surface area (Å²) in [6, 6.07) is 17.3. The molecule has 0 radical (unpaired) electrons. The molecule has 1 amide bonds. The number of amides is 1. The van der Waals surface area contributed by atoms with Gasteiger partial charge in [-0.05, 0) is 43.7 Å². The van der Waals surface area contributed by atoms with Crippen LogP contribution in [0.15, 0.2) is 60.8 Å². The minimum Gasteiger partial charge on any atom is -0.457 e.